The summed E-state index contributed by atoms with van der Waals surface area (Å²) in [6.45, 7) is 6.96. The van der Waals surface area contributed by atoms with Crippen molar-refractivity contribution in [3.05, 3.63) is 11.6 Å². The van der Waals surface area contributed by atoms with Crippen LogP contribution in [0.25, 0.3) is 0 Å². The van der Waals surface area contributed by atoms with Crippen LogP contribution in [0.5, 0.6) is 0 Å². The molecule has 1 N–H and O–H groups in total. The van der Waals surface area contributed by atoms with Gasteiger partial charge in [0.15, 0.2) is 0 Å². The van der Waals surface area contributed by atoms with E-state index in [0.717, 1.165) is 32.6 Å². The molecule has 0 bridgehead atoms. The van der Waals surface area contributed by atoms with E-state index >= 15 is 0 Å². The number of hydrogen-bond acceptors (Lipinski definition) is 4. The van der Waals surface area contributed by atoms with Crippen LogP contribution in [-0.2, 0) is 14.3 Å². The van der Waals surface area contributed by atoms with Crippen molar-refractivity contribution in [3.8, 4) is 0 Å². The molecule has 0 radical (unpaired) electrons. The molecule has 1 aliphatic heterocycles. The van der Waals surface area contributed by atoms with Gasteiger partial charge in [0, 0.05) is 25.3 Å². The van der Waals surface area contributed by atoms with Crippen molar-refractivity contribution in [1.29, 1.82) is 0 Å². The molecule has 1 saturated heterocycles. The Hall–Kier alpha value is -0.870. The molecule has 4 nitrogen and oxygen atoms in total. The summed E-state index contributed by atoms with van der Waals surface area (Å²) in [4.78, 5) is 11.8. The smallest absolute Gasteiger partial charge is 0.307 e. The lowest BCUT2D eigenvalue weighted by atomic mass is 9.78. The Morgan fingerprint density at radius 3 is 2.81 bits per heavy atom. The molecule has 0 aromatic rings. The fourth-order valence-electron chi connectivity index (χ4n) is 3.59. The number of carbonyl (C=O) groups is 1. The molecule has 1 heterocycles. The van der Waals surface area contributed by atoms with Gasteiger partial charge in [-0.1, -0.05) is 18.6 Å². The predicted molar refractivity (Wildman–Crippen MR) is 83.1 cm³/mol. The van der Waals surface area contributed by atoms with Crippen LogP contribution in [0.4, 0.5) is 0 Å². The van der Waals surface area contributed by atoms with Gasteiger partial charge in [-0.05, 0) is 44.4 Å². The van der Waals surface area contributed by atoms with Crippen molar-refractivity contribution < 1.29 is 14.3 Å². The second-order valence-corrected chi connectivity index (χ2v) is 6.64. The first kappa shape index (κ1) is 16.5. The lowest BCUT2D eigenvalue weighted by Gasteiger charge is -2.40. The highest BCUT2D eigenvalue weighted by atomic mass is 16.5. The Balaban J connectivity index is 1.99. The number of methoxy groups -OCH3 is 1. The molecule has 2 rings (SSSR count). The standard InChI is InChI=1S/C17H29NO3/c1-13-5-4-6-14(2)15(13)12-18-17(11-16(19)20-3)7-9-21-10-8-17/h5,14-15,18H,4,6-12H2,1-3H3/t14-,15-/m1/s1. The van der Waals surface area contributed by atoms with Gasteiger partial charge in [0.1, 0.15) is 0 Å². The average Bonchev–Trinajstić information content (AvgIpc) is 2.47. The maximum absolute atomic E-state index is 11.8. The fraction of sp³-hybridized carbons (Fsp3) is 0.824. The molecule has 0 unspecified atom stereocenters. The fourth-order valence-corrected chi connectivity index (χ4v) is 3.59. The second kappa shape index (κ2) is 7.41. The molecular formula is C17H29NO3. The minimum Gasteiger partial charge on any atom is -0.469 e. The monoisotopic (exact) mass is 295 g/mol. The summed E-state index contributed by atoms with van der Waals surface area (Å²) in [6.07, 6.45) is 7.03. The third kappa shape index (κ3) is 4.30. The Labute approximate surface area is 128 Å². The Morgan fingerprint density at radius 1 is 1.48 bits per heavy atom. The number of rotatable bonds is 5. The van der Waals surface area contributed by atoms with Crippen LogP contribution in [0.3, 0.4) is 0 Å². The van der Waals surface area contributed by atoms with Crippen LogP contribution in [0.15, 0.2) is 11.6 Å². The average molecular weight is 295 g/mol. The first-order valence-electron chi connectivity index (χ1n) is 8.12. The van der Waals surface area contributed by atoms with E-state index in [4.69, 9.17) is 9.47 Å². The van der Waals surface area contributed by atoms with Crippen LogP contribution in [0.1, 0.15) is 46.0 Å². The van der Waals surface area contributed by atoms with Crippen LogP contribution in [0.2, 0.25) is 0 Å². The summed E-state index contributed by atoms with van der Waals surface area (Å²) < 4.78 is 10.4. The zero-order valence-corrected chi connectivity index (χ0v) is 13.6. The lowest BCUT2D eigenvalue weighted by Crippen LogP contribution is -2.53. The molecule has 0 saturated carbocycles. The zero-order chi connectivity index (χ0) is 15.3. The summed E-state index contributed by atoms with van der Waals surface area (Å²) in [5.74, 6) is 1.15. The maximum atomic E-state index is 11.8. The SMILES string of the molecule is COC(=O)CC1(NC[C@@H]2C(C)=CCC[C@H]2C)CCOCC1. The van der Waals surface area contributed by atoms with Crippen molar-refractivity contribution in [1.82, 2.24) is 5.32 Å². The minimum atomic E-state index is -0.150. The third-order valence-corrected chi connectivity index (χ3v) is 5.22. The lowest BCUT2D eigenvalue weighted by molar-refractivity contribution is -0.143. The van der Waals surface area contributed by atoms with Crippen LogP contribution in [-0.4, -0.2) is 38.4 Å². The van der Waals surface area contributed by atoms with E-state index in [9.17, 15) is 4.79 Å². The van der Waals surface area contributed by atoms with Crippen LogP contribution >= 0.6 is 0 Å². The van der Waals surface area contributed by atoms with E-state index in [2.05, 4.69) is 25.2 Å². The number of allylic oxidation sites excluding steroid dienone is 1. The van der Waals surface area contributed by atoms with Gasteiger partial charge in [0.2, 0.25) is 0 Å². The number of ether oxygens (including phenoxy) is 2. The molecule has 1 aliphatic carbocycles. The molecule has 2 aliphatic rings. The second-order valence-electron chi connectivity index (χ2n) is 6.64. The highest BCUT2D eigenvalue weighted by Crippen LogP contribution is 2.31. The summed E-state index contributed by atoms with van der Waals surface area (Å²) in [5, 5.41) is 3.71. The van der Waals surface area contributed by atoms with E-state index in [1.807, 2.05) is 0 Å². The molecule has 0 aromatic heterocycles. The van der Waals surface area contributed by atoms with Crippen LogP contribution < -0.4 is 5.32 Å². The van der Waals surface area contributed by atoms with E-state index in [1.165, 1.54) is 25.5 Å². The van der Waals surface area contributed by atoms with Crippen molar-refractivity contribution in [2.24, 2.45) is 11.8 Å². The van der Waals surface area contributed by atoms with Gasteiger partial charge in [-0.2, -0.15) is 0 Å². The van der Waals surface area contributed by atoms with Gasteiger partial charge in [-0.15, -0.1) is 0 Å². The molecule has 0 aromatic carbocycles. The highest BCUT2D eigenvalue weighted by molar-refractivity contribution is 5.70. The van der Waals surface area contributed by atoms with E-state index in [-0.39, 0.29) is 11.5 Å². The summed E-state index contributed by atoms with van der Waals surface area (Å²) in [6, 6.07) is 0. The predicted octanol–water partition coefficient (Wildman–Crippen LogP) is 2.68. The highest BCUT2D eigenvalue weighted by Gasteiger charge is 2.36. The van der Waals surface area contributed by atoms with E-state index < -0.39 is 0 Å². The normalized spacial score (nSPS) is 28.8. The van der Waals surface area contributed by atoms with Gasteiger partial charge < -0.3 is 14.8 Å². The molecular weight excluding hydrogens is 266 g/mol. The zero-order valence-electron chi connectivity index (χ0n) is 13.6. The first-order chi connectivity index (χ1) is 10.1. The molecule has 120 valence electrons. The van der Waals surface area contributed by atoms with Crippen LogP contribution in [0, 0.1) is 11.8 Å². The largest absolute Gasteiger partial charge is 0.469 e. The Bertz CT molecular complexity index is 385. The van der Waals surface area contributed by atoms with E-state index in [0.29, 0.717) is 18.3 Å². The molecule has 21 heavy (non-hydrogen) atoms. The van der Waals surface area contributed by atoms with Crippen molar-refractivity contribution in [3.63, 3.8) is 0 Å². The maximum Gasteiger partial charge on any atom is 0.307 e. The molecule has 4 heteroatoms. The molecule has 0 amide bonds. The van der Waals surface area contributed by atoms with Crippen molar-refractivity contribution in [2.45, 2.75) is 51.5 Å². The van der Waals surface area contributed by atoms with Gasteiger partial charge in [-0.25, -0.2) is 0 Å². The number of nitrogens with one attached hydrogen (secondary N) is 1. The van der Waals surface area contributed by atoms with Gasteiger partial charge in [0.25, 0.3) is 0 Å². The third-order valence-electron chi connectivity index (χ3n) is 5.22. The quantitative estimate of drug-likeness (QED) is 0.626. The van der Waals surface area contributed by atoms with Gasteiger partial charge >= 0.3 is 5.97 Å². The van der Waals surface area contributed by atoms with Crippen molar-refractivity contribution >= 4 is 5.97 Å². The summed E-state index contributed by atoms with van der Waals surface area (Å²) in [5.41, 5.74) is 1.34. The first-order valence-corrected chi connectivity index (χ1v) is 8.12. The number of hydrogen-bond donors (Lipinski definition) is 1. The Morgan fingerprint density at radius 2 is 2.19 bits per heavy atom. The Kier molecular flexibility index (Phi) is 5.82. The molecule has 2 atom stereocenters. The minimum absolute atomic E-state index is 0.131. The number of carbonyl (C=O) groups excluding carboxylic acids is 1. The summed E-state index contributed by atoms with van der Waals surface area (Å²) >= 11 is 0. The molecule has 0 spiro atoms. The number of esters is 1. The topological polar surface area (TPSA) is 47.6 Å². The molecule has 1 fully saturated rings. The van der Waals surface area contributed by atoms with Crippen molar-refractivity contribution in [2.75, 3.05) is 26.9 Å². The summed E-state index contributed by atoms with van der Waals surface area (Å²) in [7, 11) is 1.46. The van der Waals surface area contributed by atoms with Gasteiger partial charge in [-0.3, -0.25) is 4.79 Å². The van der Waals surface area contributed by atoms with Gasteiger partial charge in [0.05, 0.1) is 13.5 Å². The van der Waals surface area contributed by atoms with E-state index in [1.54, 1.807) is 0 Å².